The van der Waals surface area contributed by atoms with Gasteiger partial charge >= 0.3 is 0 Å². The Hall–Kier alpha value is -1.16. The first-order valence-electron chi connectivity index (χ1n) is 8.22. The van der Waals surface area contributed by atoms with E-state index in [1.165, 1.54) is 0 Å². The van der Waals surface area contributed by atoms with Gasteiger partial charge in [0.15, 0.2) is 0 Å². The Bertz CT molecular complexity index is 719. The molecule has 2 aromatic rings. The highest BCUT2D eigenvalue weighted by atomic mass is 35.5. The topological polar surface area (TPSA) is 69.6 Å². The molecule has 0 aliphatic heterocycles. The minimum Gasteiger partial charge on any atom is -0.391 e. The van der Waals surface area contributed by atoms with Crippen LogP contribution in [-0.2, 0) is 16.3 Å². The highest BCUT2D eigenvalue weighted by molar-refractivity contribution is 7.57. The van der Waals surface area contributed by atoms with Gasteiger partial charge in [-0.1, -0.05) is 54.1 Å². The average Bonchev–Trinajstić information content (AvgIpc) is 2.53. The third kappa shape index (κ3) is 6.58. The minimum absolute atomic E-state index is 0.0749. The summed E-state index contributed by atoms with van der Waals surface area (Å²) in [5.74, 6) is 0. The van der Waals surface area contributed by atoms with Crippen molar-refractivity contribution in [3.63, 3.8) is 0 Å². The van der Waals surface area contributed by atoms with E-state index in [4.69, 9.17) is 11.6 Å². The van der Waals surface area contributed by atoms with Gasteiger partial charge in [0.05, 0.1) is 12.3 Å². The van der Waals surface area contributed by atoms with Crippen molar-refractivity contribution in [1.82, 2.24) is 5.32 Å². The molecule has 0 amide bonds. The Morgan fingerprint density at radius 2 is 1.72 bits per heavy atom. The summed E-state index contributed by atoms with van der Waals surface area (Å²) in [6, 6.07) is 16.7. The van der Waals surface area contributed by atoms with Crippen LogP contribution < -0.4 is 5.32 Å². The predicted molar refractivity (Wildman–Crippen MR) is 103 cm³/mol. The van der Waals surface area contributed by atoms with Gasteiger partial charge in [0.2, 0.25) is 7.37 Å². The van der Waals surface area contributed by atoms with Crippen LogP contribution >= 0.6 is 19.0 Å². The van der Waals surface area contributed by atoms with Gasteiger partial charge in [-0.05, 0) is 37.1 Å². The molecule has 2 aromatic carbocycles. The predicted octanol–water partition coefficient (Wildman–Crippen LogP) is 4.00. The Labute approximate surface area is 154 Å². The molecule has 0 radical (unpaired) electrons. The average molecular weight is 382 g/mol. The summed E-state index contributed by atoms with van der Waals surface area (Å²) in [5, 5.41) is 14.1. The van der Waals surface area contributed by atoms with E-state index in [9.17, 15) is 14.6 Å². The van der Waals surface area contributed by atoms with Crippen molar-refractivity contribution in [2.24, 2.45) is 0 Å². The molecule has 4 nitrogen and oxygen atoms in total. The van der Waals surface area contributed by atoms with Crippen LogP contribution in [-0.4, -0.2) is 28.8 Å². The lowest BCUT2D eigenvalue weighted by atomic mass is 9.94. The summed E-state index contributed by atoms with van der Waals surface area (Å²) < 4.78 is 12.4. The van der Waals surface area contributed by atoms with Crippen LogP contribution in [0.2, 0.25) is 5.02 Å². The lowest BCUT2D eigenvalue weighted by Crippen LogP contribution is -2.42. The first kappa shape index (κ1) is 20.2. The molecule has 2 rings (SSSR count). The van der Waals surface area contributed by atoms with E-state index in [1.54, 1.807) is 0 Å². The summed E-state index contributed by atoms with van der Waals surface area (Å²) in [6.45, 7) is 4.21. The molecule has 0 aliphatic carbocycles. The van der Waals surface area contributed by atoms with Crippen molar-refractivity contribution in [2.45, 2.75) is 31.7 Å². The number of aliphatic hydroxyl groups is 1. The number of aliphatic hydroxyl groups excluding tert-OH is 1. The maximum Gasteiger partial charge on any atom is 0.207 e. The fraction of sp³-hybridized carbons (Fsp3) is 0.368. The molecule has 0 saturated carbocycles. The molecule has 25 heavy (non-hydrogen) atoms. The number of hydrogen-bond donors (Lipinski definition) is 3. The molecule has 0 heterocycles. The van der Waals surface area contributed by atoms with Crippen molar-refractivity contribution in [2.75, 3.05) is 12.7 Å². The molecule has 0 fully saturated rings. The summed E-state index contributed by atoms with van der Waals surface area (Å²) in [6.07, 6.45) is -0.956. The van der Waals surface area contributed by atoms with Gasteiger partial charge in [0, 0.05) is 23.3 Å². The van der Waals surface area contributed by atoms with Gasteiger partial charge in [0.25, 0.3) is 0 Å². The van der Waals surface area contributed by atoms with Crippen LogP contribution in [0.4, 0.5) is 0 Å². The summed E-state index contributed by atoms with van der Waals surface area (Å²) in [7, 11) is -3.44. The molecule has 6 heteroatoms. The lowest BCUT2D eigenvalue weighted by molar-refractivity contribution is 0.176. The third-order valence-corrected chi connectivity index (χ3v) is 6.22. The molecule has 0 aromatic heterocycles. The van der Waals surface area contributed by atoms with Crippen LogP contribution in [0.25, 0.3) is 0 Å². The van der Waals surface area contributed by atoms with Gasteiger partial charge in [-0.2, -0.15) is 0 Å². The van der Waals surface area contributed by atoms with Crippen molar-refractivity contribution in [1.29, 1.82) is 0 Å². The summed E-state index contributed by atoms with van der Waals surface area (Å²) >= 11 is 5.91. The molecule has 0 aliphatic rings. The van der Waals surface area contributed by atoms with E-state index in [1.807, 2.05) is 68.4 Å². The van der Waals surface area contributed by atoms with Gasteiger partial charge in [-0.3, -0.25) is 4.57 Å². The van der Waals surface area contributed by atoms with E-state index < -0.39 is 13.5 Å². The number of benzene rings is 2. The largest absolute Gasteiger partial charge is 0.391 e. The zero-order valence-corrected chi connectivity index (χ0v) is 16.2. The molecule has 0 saturated heterocycles. The summed E-state index contributed by atoms with van der Waals surface area (Å²) in [4.78, 5) is 10.2. The van der Waals surface area contributed by atoms with Crippen LogP contribution in [0.5, 0.6) is 0 Å². The second-order valence-corrected chi connectivity index (χ2v) is 9.65. The maximum atomic E-state index is 12.4. The summed E-state index contributed by atoms with van der Waals surface area (Å²) in [5.41, 5.74) is 1.44. The van der Waals surface area contributed by atoms with Gasteiger partial charge < -0.3 is 15.3 Å². The van der Waals surface area contributed by atoms with E-state index in [2.05, 4.69) is 5.32 Å². The Balaban J connectivity index is 1.89. The van der Waals surface area contributed by atoms with Gasteiger partial charge in [-0.15, -0.1) is 0 Å². The Morgan fingerprint density at radius 3 is 2.32 bits per heavy atom. The molecule has 2 atom stereocenters. The van der Waals surface area contributed by atoms with Crippen molar-refractivity contribution in [3.8, 4) is 0 Å². The Morgan fingerprint density at radius 1 is 1.12 bits per heavy atom. The SMILES string of the molecule is CC(C)(NCC(O)CP(=O)(O)Cc1ccccc1)c1ccc(Cl)cc1. The molecular weight excluding hydrogens is 357 g/mol. The first-order valence-corrected chi connectivity index (χ1v) is 10.6. The maximum absolute atomic E-state index is 12.4. The van der Waals surface area contributed by atoms with Crippen molar-refractivity contribution >= 4 is 19.0 Å². The van der Waals surface area contributed by atoms with Crippen LogP contribution in [0.15, 0.2) is 54.6 Å². The van der Waals surface area contributed by atoms with Crippen LogP contribution in [0, 0.1) is 0 Å². The van der Waals surface area contributed by atoms with Crippen LogP contribution in [0.1, 0.15) is 25.0 Å². The molecular formula is C19H25ClNO3P. The number of halogens is 1. The number of hydrogen-bond acceptors (Lipinski definition) is 3. The van der Waals surface area contributed by atoms with E-state index in [-0.39, 0.29) is 24.4 Å². The van der Waals surface area contributed by atoms with E-state index in [0.717, 1.165) is 11.1 Å². The zero-order chi connectivity index (χ0) is 18.5. The highest BCUT2D eigenvalue weighted by Crippen LogP contribution is 2.44. The normalized spacial score (nSPS) is 15.6. The Kier molecular flexibility index (Phi) is 6.84. The molecule has 136 valence electrons. The van der Waals surface area contributed by atoms with Gasteiger partial charge in [-0.25, -0.2) is 0 Å². The highest BCUT2D eigenvalue weighted by Gasteiger charge is 2.26. The number of nitrogens with one attached hydrogen (secondary N) is 1. The quantitative estimate of drug-likeness (QED) is 0.604. The fourth-order valence-electron chi connectivity index (χ4n) is 2.67. The molecule has 0 spiro atoms. The molecule has 0 bridgehead atoms. The molecule has 3 N–H and O–H groups in total. The van der Waals surface area contributed by atoms with E-state index >= 15 is 0 Å². The fourth-order valence-corrected chi connectivity index (χ4v) is 4.49. The third-order valence-electron chi connectivity index (χ3n) is 4.11. The first-order chi connectivity index (χ1) is 11.7. The van der Waals surface area contributed by atoms with Crippen LogP contribution in [0.3, 0.4) is 0 Å². The van der Waals surface area contributed by atoms with Gasteiger partial charge in [0.1, 0.15) is 0 Å². The molecule has 2 unspecified atom stereocenters. The second-order valence-electron chi connectivity index (χ2n) is 6.84. The second kappa shape index (κ2) is 8.48. The lowest BCUT2D eigenvalue weighted by Gasteiger charge is -2.29. The number of rotatable bonds is 8. The van der Waals surface area contributed by atoms with Crippen molar-refractivity contribution in [3.05, 3.63) is 70.7 Å². The standard InChI is InChI=1S/C19H25ClNO3P/c1-19(2,16-8-10-17(20)11-9-16)21-12-18(22)14-25(23,24)13-15-6-4-3-5-7-15/h3-11,18,21-22H,12-14H2,1-2H3,(H,23,24). The van der Waals surface area contributed by atoms with E-state index in [0.29, 0.717) is 5.02 Å². The minimum atomic E-state index is -3.44. The smallest absolute Gasteiger partial charge is 0.207 e. The zero-order valence-electron chi connectivity index (χ0n) is 14.5. The van der Waals surface area contributed by atoms with Crippen molar-refractivity contribution < 1.29 is 14.6 Å². The monoisotopic (exact) mass is 381 g/mol.